The van der Waals surface area contributed by atoms with Gasteiger partial charge < -0.3 is 10.0 Å². The van der Waals surface area contributed by atoms with Gasteiger partial charge in [0.25, 0.3) is 0 Å². The van der Waals surface area contributed by atoms with E-state index < -0.39 is 12.0 Å². The molecule has 0 radical (unpaired) electrons. The molecule has 1 heterocycles. The van der Waals surface area contributed by atoms with Crippen LogP contribution in [-0.2, 0) is 9.59 Å². The van der Waals surface area contributed by atoms with Crippen LogP contribution in [-0.4, -0.2) is 34.5 Å². The van der Waals surface area contributed by atoms with Gasteiger partial charge in [-0.05, 0) is 32.1 Å². The van der Waals surface area contributed by atoms with Crippen molar-refractivity contribution in [2.24, 2.45) is 5.92 Å². The van der Waals surface area contributed by atoms with Gasteiger partial charge in [-0.3, -0.25) is 4.79 Å². The summed E-state index contributed by atoms with van der Waals surface area (Å²) in [7, 11) is 0. The number of aliphatic carboxylic acids is 1. The third kappa shape index (κ3) is 3.71. The smallest absolute Gasteiger partial charge is 0.326 e. The summed E-state index contributed by atoms with van der Waals surface area (Å²) in [5.41, 5.74) is 0. The second kappa shape index (κ2) is 6.92. The van der Waals surface area contributed by atoms with E-state index >= 15 is 0 Å². The fraction of sp³-hybridized carbons (Fsp3) is 0.867. The van der Waals surface area contributed by atoms with Gasteiger partial charge in [-0.1, -0.05) is 32.1 Å². The van der Waals surface area contributed by atoms with Crippen molar-refractivity contribution >= 4 is 11.9 Å². The molecule has 1 N–H and O–H groups in total. The van der Waals surface area contributed by atoms with Crippen LogP contribution in [0.1, 0.15) is 64.2 Å². The van der Waals surface area contributed by atoms with E-state index in [1.807, 2.05) is 0 Å². The maximum absolute atomic E-state index is 12.6. The zero-order valence-electron chi connectivity index (χ0n) is 11.6. The maximum Gasteiger partial charge on any atom is 0.326 e. The Morgan fingerprint density at radius 3 is 2.05 bits per heavy atom. The van der Waals surface area contributed by atoms with Crippen molar-refractivity contribution in [3.63, 3.8) is 0 Å². The molecular weight excluding hydrogens is 242 g/mol. The SMILES string of the molecule is O=C(O)[C@H]1CCCCN1C(=O)C1CCCCCCC1. The van der Waals surface area contributed by atoms with Crippen LogP contribution < -0.4 is 0 Å². The number of rotatable bonds is 2. The Kier molecular flexibility index (Phi) is 5.23. The van der Waals surface area contributed by atoms with Crippen molar-refractivity contribution in [3.8, 4) is 0 Å². The minimum Gasteiger partial charge on any atom is -0.480 e. The first-order valence-corrected chi connectivity index (χ1v) is 7.73. The van der Waals surface area contributed by atoms with Crippen molar-refractivity contribution < 1.29 is 14.7 Å². The molecule has 1 saturated heterocycles. The van der Waals surface area contributed by atoms with Crippen LogP contribution in [0, 0.1) is 5.92 Å². The Balaban J connectivity index is 2.00. The van der Waals surface area contributed by atoms with E-state index in [4.69, 9.17) is 0 Å². The van der Waals surface area contributed by atoms with Crippen LogP contribution in [0.3, 0.4) is 0 Å². The predicted molar refractivity (Wildman–Crippen MR) is 72.8 cm³/mol. The fourth-order valence-electron chi connectivity index (χ4n) is 3.39. The monoisotopic (exact) mass is 267 g/mol. The first-order valence-electron chi connectivity index (χ1n) is 7.73. The van der Waals surface area contributed by atoms with E-state index in [0.29, 0.717) is 13.0 Å². The molecule has 1 aliphatic carbocycles. The summed E-state index contributed by atoms with van der Waals surface area (Å²) in [6, 6.07) is -0.577. The van der Waals surface area contributed by atoms with Gasteiger partial charge in [-0.25, -0.2) is 4.79 Å². The highest BCUT2D eigenvalue weighted by atomic mass is 16.4. The van der Waals surface area contributed by atoms with Crippen LogP contribution in [0.5, 0.6) is 0 Å². The summed E-state index contributed by atoms with van der Waals surface area (Å²) in [6.07, 6.45) is 10.3. The summed E-state index contributed by atoms with van der Waals surface area (Å²) < 4.78 is 0. The lowest BCUT2D eigenvalue weighted by atomic mass is 9.89. The number of carboxylic acid groups (broad SMARTS) is 1. The fourth-order valence-corrected chi connectivity index (χ4v) is 3.39. The molecule has 2 fully saturated rings. The molecule has 1 amide bonds. The average Bonchev–Trinajstić information content (AvgIpc) is 2.37. The highest BCUT2D eigenvalue weighted by Gasteiger charge is 2.35. The van der Waals surface area contributed by atoms with Crippen LogP contribution >= 0.6 is 0 Å². The van der Waals surface area contributed by atoms with Gasteiger partial charge in [0.2, 0.25) is 5.91 Å². The average molecular weight is 267 g/mol. The van der Waals surface area contributed by atoms with Gasteiger partial charge in [-0.15, -0.1) is 0 Å². The number of amides is 1. The highest BCUT2D eigenvalue weighted by Crippen LogP contribution is 2.27. The summed E-state index contributed by atoms with van der Waals surface area (Å²) in [4.78, 5) is 25.5. The summed E-state index contributed by atoms with van der Waals surface area (Å²) in [5, 5.41) is 9.26. The summed E-state index contributed by atoms with van der Waals surface area (Å²) in [5.74, 6) is -0.659. The minimum atomic E-state index is -0.834. The lowest BCUT2D eigenvalue weighted by Crippen LogP contribution is -2.50. The standard InChI is InChI=1S/C15H25NO3/c17-14(12-8-4-2-1-3-5-9-12)16-11-7-6-10-13(16)15(18)19/h12-13H,1-11H2,(H,18,19)/t13-/m1/s1. The molecule has 1 atom stereocenters. The van der Waals surface area contributed by atoms with Crippen molar-refractivity contribution in [3.05, 3.63) is 0 Å². The molecule has 108 valence electrons. The van der Waals surface area contributed by atoms with Gasteiger partial charge >= 0.3 is 5.97 Å². The Bertz CT molecular complexity index is 321. The van der Waals surface area contributed by atoms with Crippen LogP contribution in [0.4, 0.5) is 0 Å². The number of carbonyl (C=O) groups is 2. The van der Waals surface area contributed by atoms with E-state index in [1.165, 1.54) is 19.3 Å². The van der Waals surface area contributed by atoms with Crippen LogP contribution in [0.25, 0.3) is 0 Å². The van der Waals surface area contributed by atoms with E-state index in [0.717, 1.165) is 38.5 Å². The number of hydrogen-bond donors (Lipinski definition) is 1. The predicted octanol–water partition coefficient (Wildman–Crippen LogP) is 2.81. The topological polar surface area (TPSA) is 57.6 Å². The molecule has 1 aliphatic heterocycles. The highest BCUT2D eigenvalue weighted by molar-refractivity contribution is 5.85. The van der Waals surface area contributed by atoms with Crippen LogP contribution in [0.15, 0.2) is 0 Å². The second-order valence-electron chi connectivity index (χ2n) is 5.92. The number of carboxylic acids is 1. The van der Waals surface area contributed by atoms with E-state index in [1.54, 1.807) is 4.90 Å². The van der Waals surface area contributed by atoms with Gasteiger partial charge in [0.15, 0.2) is 0 Å². The Hall–Kier alpha value is -1.06. The van der Waals surface area contributed by atoms with Crippen molar-refractivity contribution in [1.82, 2.24) is 4.90 Å². The molecule has 0 aromatic heterocycles. The molecule has 0 spiro atoms. The van der Waals surface area contributed by atoms with Gasteiger partial charge in [0.1, 0.15) is 6.04 Å². The second-order valence-corrected chi connectivity index (χ2v) is 5.92. The zero-order valence-corrected chi connectivity index (χ0v) is 11.6. The molecule has 0 bridgehead atoms. The molecule has 0 aromatic carbocycles. The first kappa shape index (κ1) is 14.4. The Morgan fingerprint density at radius 1 is 0.842 bits per heavy atom. The van der Waals surface area contributed by atoms with E-state index in [2.05, 4.69) is 0 Å². The number of likely N-dealkylation sites (tertiary alicyclic amines) is 1. The normalized spacial score (nSPS) is 26.5. The number of nitrogens with zero attached hydrogens (tertiary/aromatic N) is 1. The molecule has 2 rings (SSSR count). The lowest BCUT2D eigenvalue weighted by molar-refractivity contribution is -0.154. The number of carbonyl (C=O) groups excluding carboxylic acids is 1. The van der Waals surface area contributed by atoms with E-state index in [9.17, 15) is 14.7 Å². The third-order valence-electron chi connectivity index (χ3n) is 4.53. The molecule has 1 saturated carbocycles. The van der Waals surface area contributed by atoms with Gasteiger partial charge in [0, 0.05) is 12.5 Å². The molecule has 4 nitrogen and oxygen atoms in total. The molecule has 2 aliphatic rings. The maximum atomic E-state index is 12.6. The molecule has 4 heteroatoms. The molecule has 19 heavy (non-hydrogen) atoms. The number of hydrogen-bond acceptors (Lipinski definition) is 2. The first-order chi connectivity index (χ1) is 9.20. The molecular formula is C15H25NO3. The van der Waals surface area contributed by atoms with E-state index in [-0.39, 0.29) is 11.8 Å². The number of piperidine rings is 1. The minimum absolute atomic E-state index is 0.0697. The largest absolute Gasteiger partial charge is 0.480 e. The van der Waals surface area contributed by atoms with Gasteiger partial charge in [-0.2, -0.15) is 0 Å². The van der Waals surface area contributed by atoms with Crippen molar-refractivity contribution in [1.29, 1.82) is 0 Å². The zero-order chi connectivity index (χ0) is 13.7. The lowest BCUT2D eigenvalue weighted by Gasteiger charge is -2.35. The Morgan fingerprint density at radius 2 is 1.42 bits per heavy atom. The molecule has 0 aromatic rings. The quantitative estimate of drug-likeness (QED) is 0.837. The van der Waals surface area contributed by atoms with Gasteiger partial charge in [0.05, 0.1) is 0 Å². The Labute approximate surface area is 115 Å². The van der Waals surface area contributed by atoms with Crippen molar-refractivity contribution in [2.45, 2.75) is 70.3 Å². The third-order valence-corrected chi connectivity index (χ3v) is 4.53. The molecule has 0 unspecified atom stereocenters. The summed E-state index contributed by atoms with van der Waals surface area (Å²) in [6.45, 7) is 0.631. The summed E-state index contributed by atoms with van der Waals surface area (Å²) >= 11 is 0. The van der Waals surface area contributed by atoms with Crippen LogP contribution in [0.2, 0.25) is 0 Å². The van der Waals surface area contributed by atoms with Crippen molar-refractivity contribution in [2.75, 3.05) is 6.54 Å².